The summed E-state index contributed by atoms with van der Waals surface area (Å²) < 4.78 is 36.0. The highest BCUT2D eigenvalue weighted by Crippen LogP contribution is 2.49. The highest BCUT2D eigenvalue weighted by atomic mass is 31.2. The van der Waals surface area contributed by atoms with E-state index in [1.807, 2.05) is 0 Å². The molecule has 2 saturated heterocycles. The second-order valence-electron chi connectivity index (χ2n) is 10.0. The SMILES string of the molecule is Cc1cn([C@H]2C[C@H](OP(=O)(O)OC[C@H]3O[C@@H](n4cc(CCCCN)c(=O)[nH]c4=O)[C@H](O)[C@@H]3O)[C@@H](CO)O2)c(=O)[nH]c1=O. The second kappa shape index (κ2) is 13.3. The van der Waals surface area contributed by atoms with Crippen molar-refractivity contribution in [1.29, 1.82) is 0 Å². The molecule has 234 valence electrons. The van der Waals surface area contributed by atoms with Gasteiger partial charge in [0.1, 0.15) is 36.7 Å². The fourth-order valence-corrected chi connectivity index (χ4v) is 5.73. The first kappa shape index (κ1) is 32.2. The third-order valence-corrected chi connectivity index (χ3v) is 8.05. The van der Waals surface area contributed by atoms with Crippen molar-refractivity contribution in [2.75, 3.05) is 19.8 Å². The van der Waals surface area contributed by atoms with Gasteiger partial charge >= 0.3 is 19.2 Å². The van der Waals surface area contributed by atoms with E-state index in [-0.39, 0.29) is 17.5 Å². The Labute approximate surface area is 236 Å². The van der Waals surface area contributed by atoms with Crippen molar-refractivity contribution in [2.24, 2.45) is 5.73 Å². The van der Waals surface area contributed by atoms with E-state index in [2.05, 4.69) is 9.97 Å². The van der Waals surface area contributed by atoms with Gasteiger partial charge in [0.15, 0.2) is 6.23 Å². The Morgan fingerprint density at radius 1 is 1.02 bits per heavy atom. The van der Waals surface area contributed by atoms with E-state index in [0.717, 1.165) is 9.13 Å². The fourth-order valence-electron chi connectivity index (χ4n) is 4.77. The summed E-state index contributed by atoms with van der Waals surface area (Å²) in [5.41, 5.74) is 3.02. The number of hydrogen-bond donors (Lipinski definition) is 7. The molecule has 4 heterocycles. The number of aliphatic hydroxyl groups is 3. The van der Waals surface area contributed by atoms with E-state index in [1.165, 1.54) is 19.3 Å². The number of rotatable bonds is 12. The van der Waals surface area contributed by atoms with Gasteiger partial charge in [-0.05, 0) is 32.7 Å². The first-order valence-corrected chi connectivity index (χ1v) is 14.6. The van der Waals surface area contributed by atoms with Gasteiger partial charge in [-0.3, -0.25) is 37.7 Å². The molecule has 2 aromatic heterocycles. The molecule has 2 aliphatic heterocycles. The molecular formula is C23H34N5O13P. The quantitative estimate of drug-likeness (QED) is 0.0926. The summed E-state index contributed by atoms with van der Waals surface area (Å²) in [5, 5.41) is 30.7. The molecule has 1 unspecified atom stereocenters. The van der Waals surface area contributed by atoms with Crippen molar-refractivity contribution >= 4 is 7.82 Å². The first-order chi connectivity index (χ1) is 19.8. The van der Waals surface area contributed by atoms with E-state index in [0.29, 0.717) is 25.8 Å². The summed E-state index contributed by atoms with van der Waals surface area (Å²) >= 11 is 0. The van der Waals surface area contributed by atoms with Crippen LogP contribution >= 0.6 is 7.82 Å². The first-order valence-electron chi connectivity index (χ1n) is 13.1. The van der Waals surface area contributed by atoms with Gasteiger partial charge in [-0.1, -0.05) is 0 Å². The normalized spacial score (nSPS) is 29.1. The van der Waals surface area contributed by atoms with Gasteiger partial charge in [-0.2, -0.15) is 0 Å². The minimum absolute atomic E-state index is 0.170. The van der Waals surface area contributed by atoms with Crippen LogP contribution in [-0.4, -0.2) is 89.6 Å². The molecule has 0 amide bonds. The second-order valence-corrected chi connectivity index (χ2v) is 11.5. The van der Waals surface area contributed by atoms with Crippen molar-refractivity contribution < 1.29 is 43.3 Å². The number of aryl methyl sites for hydroxylation is 2. The maximum atomic E-state index is 12.8. The molecule has 0 spiro atoms. The summed E-state index contributed by atoms with van der Waals surface area (Å²) in [7, 11) is -4.90. The molecule has 42 heavy (non-hydrogen) atoms. The molecular weight excluding hydrogens is 585 g/mol. The minimum Gasteiger partial charge on any atom is -0.394 e. The minimum atomic E-state index is -4.90. The van der Waals surface area contributed by atoms with E-state index in [4.69, 9.17) is 24.3 Å². The summed E-state index contributed by atoms with van der Waals surface area (Å²) in [6, 6.07) is 0. The van der Waals surface area contributed by atoms with Crippen LogP contribution in [0.15, 0.2) is 31.6 Å². The number of phosphoric acid groups is 1. The number of unbranched alkanes of at least 4 members (excludes halogenated alkanes) is 1. The molecule has 4 rings (SSSR count). The van der Waals surface area contributed by atoms with Gasteiger partial charge in [0.25, 0.3) is 11.1 Å². The average Bonchev–Trinajstić information content (AvgIpc) is 3.45. The molecule has 8 atom stereocenters. The zero-order chi connectivity index (χ0) is 30.8. The zero-order valence-electron chi connectivity index (χ0n) is 22.5. The number of nitrogens with one attached hydrogen (secondary N) is 2. The molecule has 0 aliphatic carbocycles. The summed E-state index contributed by atoms with van der Waals surface area (Å²) in [6.45, 7) is 0.480. The number of aromatic nitrogens is 4. The van der Waals surface area contributed by atoms with E-state index >= 15 is 0 Å². The Morgan fingerprint density at radius 3 is 2.40 bits per heavy atom. The van der Waals surface area contributed by atoms with Gasteiger partial charge in [0.2, 0.25) is 0 Å². The van der Waals surface area contributed by atoms with Crippen LogP contribution in [0.5, 0.6) is 0 Å². The number of phosphoric ester groups is 1. The third kappa shape index (κ3) is 7.05. The average molecular weight is 620 g/mol. The van der Waals surface area contributed by atoms with E-state index in [9.17, 15) is 44.0 Å². The Balaban J connectivity index is 1.41. The lowest BCUT2D eigenvalue weighted by Crippen LogP contribution is -2.39. The highest BCUT2D eigenvalue weighted by Gasteiger charge is 2.46. The Hall–Kier alpha value is -2.77. The maximum absolute atomic E-state index is 12.8. The molecule has 2 fully saturated rings. The van der Waals surface area contributed by atoms with Crippen LogP contribution in [0.3, 0.4) is 0 Å². The van der Waals surface area contributed by atoms with Crippen LogP contribution in [0.2, 0.25) is 0 Å². The van der Waals surface area contributed by atoms with Crippen LogP contribution in [0.1, 0.15) is 42.8 Å². The number of hydrogen-bond acceptors (Lipinski definition) is 13. The zero-order valence-corrected chi connectivity index (χ0v) is 23.4. The number of nitrogens with two attached hydrogens (primary N) is 1. The maximum Gasteiger partial charge on any atom is 0.472 e. The Morgan fingerprint density at radius 2 is 1.71 bits per heavy atom. The number of nitrogens with zero attached hydrogens (tertiary/aromatic N) is 2. The van der Waals surface area contributed by atoms with Crippen LogP contribution < -0.4 is 28.2 Å². The van der Waals surface area contributed by atoms with Crippen LogP contribution in [-0.2, 0) is 29.5 Å². The van der Waals surface area contributed by atoms with Crippen molar-refractivity contribution in [2.45, 2.75) is 75.6 Å². The predicted molar refractivity (Wildman–Crippen MR) is 142 cm³/mol. The van der Waals surface area contributed by atoms with Crippen LogP contribution in [0.25, 0.3) is 0 Å². The van der Waals surface area contributed by atoms with Gasteiger partial charge < -0.3 is 35.4 Å². The van der Waals surface area contributed by atoms with Crippen molar-refractivity contribution in [1.82, 2.24) is 19.1 Å². The highest BCUT2D eigenvalue weighted by molar-refractivity contribution is 7.47. The smallest absolute Gasteiger partial charge is 0.394 e. The lowest BCUT2D eigenvalue weighted by Gasteiger charge is -2.21. The van der Waals surface area contributed by atoms with Gasteiger partial charge in [0, 0.05) is 29.9 Å². The molecule has 2 aromatic rings. The standard InChI is InChI=1S/C23H34N5O13P/c1-11-7-27(22(34)25-19(11)32)16-6-13(14(9-29)39-16)41-42(36,37)38-10-15-17(30)18(31)21(40-15)28-8-12(4-2-3-5-24)20(33)26-23(28)35/h7-8,13-18,21,29-31H,2-6,9-10,24H2,1H3,(H,36,37)(H,25,32,34)(H,26,33,35)/t13-,14+,15+,16+,17+,18+,21+/m0/s1. The molecule has 18 nitrogen and oxygen atoms in total. The number of aliphatic hydroxyl groups excluding tert-OH is 3. The lowest BCUT2D eigenvalue weighted by atomic mass is 10.1. The molecule has 0 radical (unpaired) electrons. The molecule has 2 aliphatic rings. The predicted octanol–water partition coefficient (Wildman–Crippen LogP) is -2.92. The van der Waals surface area contributed by atoms with Crippen LogP contribution in [0.4, 0.5) is 0 Å². The fraction of sp³-hybridized carbons (Fsp3) is 0.652. The topological polar surface area (TPSA) is 271 Å². The van der Waals surface area contributed by atoms with E-state index in [1.54, 1.807) is 0 Å². The van der Waals surface area contributed by atoms with Crippen LogP contribution in [0, 0.1) is 6.92 Å². The largest absolute Gasteiger partial charge is 0.472 e. The molecule has 0 aromatic carbocycles. The summed E-state index contributed by atoms with van der Waals surface area (Å²) in [4.78, 5) is 63.0. The van der Waals surface area contributed by atoms with Gasteiger partial charge in [-0.15, -0.1) is 0 Å². The summed E-state index contributed by atoms with van der Waals surface area (Å²) in [6.07, 6.45) is -5.77. The number of H-pyrrole nitrogens is 2. The number of ether oxygens (including phenoxy) is 2. The van der Waals surface area contributed by atoms with E-state index < -0.39 is 86.5 Å². The molecule has 0 bridgehead atoms. The van der Waals surface area contributed by atoms with Crippen molar-refractivity contribution in [3.63, 3.8) is 0 Å². The monoisotopic (exact) mass is 619 g/mol. The Bertz CT molecular complexity index is 1540. The lowest BCUT2D eigenvalue weighted by molar-refractivity contribution is -0.0615. The summed E-state index contributed by atoms with van der Waals surface area (Å²) in [5.74, 6) is 0. The molecule has 19 heteroatoms. The van der Waals surface area contributed by atoms with Crippen molar-refractivity contribution in [3.8, 4) is 0 Å². The van der Waals surface area contributed by atoms with Gasteiger partial charge in [-0.25, -0.2) is 14.2 Å². The molecule has 0 saturated carbocycles. The van der Waals surface area contributed by atoms with Gasteiger partial charge in [0.05, 0.1) is 13.2 Å². The molecule has 8 N–H and O–H groups in total. The van der Waals surface area contributed by atoms with Crippen molar-refractivity contribution in [3.05, 3.63) is 65.2 Å². The third-order valence-electron chi connectivity index (χ3n) is 7.04. The number of aromatic amines is 2. The Kier molecular flexibility index (Phi) is 10.1.